The highest BCUT2D eigenvalue weighted by molar-refractivity contribution is 7.89. The Bertz CT molecular complexity index is 1210. The molecule has 6 nitrogen and oxygen atoms in total. The van der Waals surface area contributed by atoms with Gasteiger partial charge in [0.25, 0.3) is 0 Å². The number of anilines is 1. The molecule has 4 rings (SSSR count). The lowest BCUT2D eigenvalue weighted by Crippen LogP contribution is -2.39. The molecular weight excluding hydrogens is 422 g/mol. The summed E-state index contributed by atoms with van der Waals surface area (Å²) in [6.07, 6.45) is 1.68. The van der Waals surface area contributed by atoms with Crippen LogP contribution in [0.1, 0.15) is 37.1 Å². The van der Waals surface area contributed by atoms with Crippen molar-refractivity contribution in [1.82, 2.24) is 9.29 Å². The summed E-state index contributed by atoms with van der Waals surface area (Å²) in [4.78, 5) is 16.2. The van der Waals surface area contributed by atoms with Crippen LogP contribution in [-0.4, -0.2) is 36.7 Å². The summed E-state index contributed by atoms with van der Waals surface area (Å²) in [6, 6.07) is 20.6. The number of carbonyl (C=O) groups excluding carboxylic acids is 1. The third-order valence-electron chi connectivity index (χ3n) is 5.70. The maximum atomic E-state index is 13.3. The molecule has 7 heteroatoms. The highest BCUT2D eigenvalue weighted by atomic mass is 32.2. The van der Waals surface area contributed by atoms with Crippen LogP contribution in [0.15, 0.2) is 71.6 Å². The Balaban J connectivity index is 1.57. The molecule has 1 aromatic heterocycles. The zero-order chi connectivity index (χ0) is 22.7. The number of aryl methyl sites for hydroxylation is 1. The molecule has 1 atom stereocenters. The van der Waals surface area contributed by atoms with E-state index in [9.17, 15) is 13.2 Å². The van der Waals surface area contributed by atoms with E-state index in [1.54, 1.807) is 28.6 Å². The number of nitrogens with one attached hydrogen (secondary N) is 1. The van der Waals surface area contributed by atoms with Gasteiger partial charge in [-0.2, -0.15) is 4.31 Å². The molecule has 0 aliphatic carbocycles. The van der Waals surface area contributed by atoms with Crippen molar-refractivity contribution in [3.8, 4) is 11.1 Å². The topological polar surface area (TPSA) is 79.4 Å². The zero-order valence-corrected chi connectivity index (χ0v) is 19.1. The maximum Gasteiger partial charge on any atom is 0.243 e. The van der Waals surface area contributed by atoms with Gasteiger partial charge in [0, 0.05) is 43.0 Å². The van der Waals surface area contributed by atoms with Gasteiger partial charge >= 0.3 is 0 Å². The quantitative estimate of drug-likeness (QED) is 0.618. The molecular formula is C25H27N3O3S. The molecule has 3 aromatic rings. The van der Waals surface area contributed by atoms with Crippen LogP contribution in [0.25, 0.3) is 11.1 Å². The van der Waals surface area contributed by atoms with Crippen LogP contribution < -0.4 is 5.32 Å². The van der Waals surface area contributed by atoms with E-state index in [-0.39, 0.29) is 16.7 Å². The number of aromatic nitrogens is 1. The first kappa shape index (κ1) is 22.2. The summed E-state index contributed by atoms with van der Waals surface area (Å²) in [6.45, 7) is 4.29. The number of hydrogen-bond acceptors (Lipinski definition) is 4. The number of hydrogen-bond donors (Lipinski definition) is 1. The number of benzene rings is 2. The smallest absolute Gasteiger partial charge is 0.243 e. The van der Waals surface area contributed by atoms with E-state index in [0.29, 0.717) is 18.8 Å². The Hall–Kier alpha value is -3.03. The molecule has 0 bridgehead atoms. The van der Waals surface area contributed by atoms with Crippen molar-refractivity contribution in [2.24, 2.45) is 0 Å². The normalized spacial score (nSPS) is 17.1. The molecule has 1 aliphatic heterocycles. The largest absolute Gasteiger partial charge is 0.326 e. The molecule has 1 amide bonds. The summed E-state index contributed by atoms with van der Waals surface area (Å²) in [5.41, 5.74) is 4.66. The second kappa shape index (κ2) is 9.22. The van der Waals surface area contributed by atoms with E-state index in [2.05, 4.69) is 29.6 Å². The van der Waals surface area contributed by atoms with Gasteiger partial charge < -0.3 is 5.32 Å². The highest BCUT2D eigenvalue weighted by Crippen LogP contribution is 2.32. The van der Waals surface area contributed by atoms with Crippen molar-refractivity contribution in [2.75, 3.05) is 18.4 Å². The average molecular weight is 450 g/mol. The molecule has 0 unspecified atom stereocenters. The molecule has 32 heavy (non-hydrogen) atoms. The summed E-state index contributed by atoms with van der Waals surface area (Å²) in [5.74, 6) is -0.153. The molecule has 0 saturated carbocycles. The average Bonchev–Trinajstić information content (AvgIpc) is 2.79. The SMILES string of the molecule is CC(=O)Nc1ccc(S(=O)(=O)N2CCC[C@@H](c3cc(-c4ccccc4)cc(C)n3)C2)cc1. The Morgan fingerprint density at radius 1 is 1.03 bits per heavy atom. The first-order valence-corrected chi connectivity index (χ1v) is 12.2. The summed E-state index contributed by atoms with van der Waals surface area (Å²) >= 11 is 0. The van der Waals surface area contributed by atoms with Crippen LogP contribution in [0.2, 0.25) is 0 Å². The van der Waals surface area contributed by atoms with Crippen molar-refractivity contribution in [3.63, 3.8) is 0 Å². The summed E-state index contributed by atoms with van der Waals surface area (Å²) < 4.78 is 28.1. The van der Waals surface area contributed by atoms with Crippen LogP contribution >= 0.6 is 0 Å². The fraction of sp³-hybridized carbons (Fsp3) is 0.280. The fourth-order valence-corrected chi connectivity index (χ4v) is 5.69. The molecule has 1 fully saturated rings. The lowest BCUT2D eigenvalue weighted by molar-refractivity contribution is -0.114. The third kappa shape index (κ3) is 4.89. The minimum atomic E-state index is -3.63. The molecule has 2 heterocycles. The van der Waals surface area contributed by atoms with E-state index >= 15 is 0 Å². The van der Waals surface area contributed by atoms with Gasteiger partial charge in [-0.1, -0.05) is 30.3 Å². The van der Waals surface area contributed by atoms with Gasteiger partial charge in [-0.05, 0) is 67.3 Å². The number of piperidine rings is 1. The monoisotopic (exact) mass is 449 g/mol. The summed E-state index contributed by atoms with van der Waals surface area (Å²) in [7, 11) is -3.63. The Morgan fingerprint density at radius 2 is 1.75 bits per heavy atom. The number of carbonyl (C=O) groups is 1. The Kier molecular flexibility index (Phi) is 6.39. The number of rotatable bonds is 5. The first-order valence-electron chi connectivity index (χ1n) is 10.7. The molecule has 2 aromatic carbocycles. The van der Waals surface area contributed by atoms with Crippen LogP contribution in [0.3, 0.4) is 0 Å². The predicted molar refractivity (Wildman–Crippen MR) is 126 cm³/mol. The van der Waals surface area contributed by atoms with Gasteiger partial charge in [0.15, 0.2) is 0 Å². The van der Waals surface area contributed by atoms with Crippen LogP contribution in [0, 0.1) is 6.92 Å². The standard InChI is InChI=1S/C25H27N3O3S/c1-18-15-22(20-7-4-3-5-8-20)16-25(26-18)21-9-6-14-28(17-21)32(30,31)24-12-10-23(11-13-24)27-19(2)29/h3-5,7-8,10-13,15-16,21H,6,9,14,17H2,1-2H3,(H,27,29)/t21-/m1/s1. The lowest BCUT2D eigenvalue weighted by Gasteiger charge is -2.32. The molecule has 0 radical (unpaired) electrons. The van der Waals surface area contributed by atoms with Crippen molar-refractivity contribution in [3.05, 3.63) is 78.1 Å². The van der Waals surface area contributed by atoms with Gasteiger partial charge in [0.05, 0.1) is 4.90 Å². The highest BCUT2D eigenvalue weighted by Gasteiger charge is 2.31. The molecule has 1 saturated heterocycles. The van der Waals surface area contributed by atoms with Crippen molar-refractivity contribution in [2.45, 2.75) is 37.5 Å². The van der Waals surface area contributed by atoms with E-state index in [4.69, 9.17) is 4.98 Å². The van der Waals surface area contributed by atoms with Gasteiger partial charge in [-0.15, -0.1) is 0 Å². The van der Waals surface area contributed by atoms with Crippen molar-refractivity contribution < 1.29 is 13.2 Å². The molecule has 0 spiro atoms. The van der Waals surface area contributed by atoms with Crippen LogP contribution in [0.5, 0.6) is 0 Å². The lowest BCUT2D eigenvalue weighted by atomic mass is 9.93. The van der Waals surface area contributed by atoms with E-state index in [1.165, 1.54) is 6.92 Å². The maximum absolute atomic E-state index is 13.3. The van der Waals surface area contributed by atoms with E-state index in [0.717, 1.165) is 35.4 Å². The molecule has 1 aliphatic rings. The second-order valence-corrected chi connectivity index (χ2v) is 10.1. The number of amides is 1. The fourth-order valence-electron chi connectivity index (χ4n) is 4.17. The van der Waals surface area contributed by atoms with Crippen molar-refractivity contribution in [1.29, 1.82) is 0 Å². The van der Waals surface area contributed by atoms with Gasteiger partial charge in [0.2, 0.25) is 15.9 Å². The predicted octanol–water partition coefficient (Wildman–Crippen LogP) is 4.58. The number of sulfonamides is 1. The Morgan fingerprint density at radius 3 is 2.44 bits per heavy atom. The minimum Gasteiger partial charge on any atom is -0.326 e. The zero-order valence-electron chi connectivity index (χ0n) is 18.3. The van der Waals surface area contributed by atoms with Crippen molar-refractivity contribution >= 4 is 21.6 Å². The Labute approximate surface area is 189 Å². The van der Waals surface area contributed by atoms with Crippen LogP contribution in [-0.2, 0) is 14.8 Å². The number of pyridine rings is 1. The van der Waals surface area contributed by atoms with Crippen LogP contribution in [0.4, 0.5) is 5.69 Å². The van der Waals surface area contributed by atoms with Gasteiger partial charge in [-0.25, -0.2) is 8.42 Å². The van der Waals surface area contributed by atoms with Gasteiger partial charge in [0.1, 0.15) is 0 Å². The minimum absolute atomic E-state index is 0.0412. The molecule has 166 valence electrons. The third-order valence-corrected chi connectivity index (χ3v) is 7.57. The molecule has 1 N–H and O–H groups in total. The number of nitrogens with zero attached hydrogens (tertiary/aromatic N) is 2. The van der Waals surface area contributed by atoms with E-state index < -0.39 is 10.0 Å². The van der Waals surface area contributed by atoms with E-state index in [1.807, 2.05) is 25.1 Å². The van der Waals surface area contributed by atoms with Gasteiger partial charge in [-0.3, -0.25) is 9.78 Å². The first-order chi connectivity index (χ1) is 15.3. The summed E-state index contributed by atoms with van der Waals surface area (Å²) in [5, 5.41) is 2.66. The second-order valence-electron chi connectivity index (χ2n) is 8.20.